The number of rotatable bonds is 3. The molecule has 0 bridgehead atoms. The number of piperidine rings is 1. The Labute approximate surface area is 107 Å². The maximum absolute atomic E-state index is 5.99. The zero-order chi connectivity index (χ0) is 12.3. The molecule has 1 atom stereocenters. The van der Waals surface area contributed by atoms with Crippen molar-refractivity contribution in [3.05, 3.63) is 11.2 Å². The molecule has 5 heteroatoms. The summed E-state index contributed by atoms with van der Waals surface area (Å²) in [6, 6.07) is 2.68. The highest BCUT2D eigenvalue weighted by Gasteiger charge is 2.20. The van der Waals surface area contributed by atoms with Crippen LogP contribution in [-0.2, 0) is 0 Å². The van der Waals surface area contributed by atoms with Crippen LogP contribution in [0.3, 0.4) is 0 Å². The van der Waals surface area contributed by atoms with Crippen molar-refractivity contribution >= 4 is 17.4 Å². The summed E-state index contributed by atoms with van der Waals surface area (Å²) in [4.78, 5) is 10.7. The first-order valence-corrected chi connectivity index (χ1v) is 6.52. The lowest BCUT2D eigenvalue weighted by Crippen LogP contribution is -2.38. The Balaban J connectivity index is 2.24. The Morgan fingerprint density at radius 2 is 2.29 bits per heavy atom. The van der Waals surface area contributed by atoms with Crippen LogP contribution >= 0.6 is 11.6 Å². The van der Waals surface area contributed by atoms with Gasteiger partial charge in [-0.2, -0.15) is 9.97 Å². The van der Waals surface area contributed by atoms with Gasteiger partial charge in [-0.05, 0) is 33.1 Å². The molecule has 4 nitrogen and oxygen atoms in total. The van der Waals surface area contributed by atoms with Crippen LogP contribution in [0.2, 0.25) is 5.15 Å². The number of nitrogens with zero attached hydrogens (tertiary/aromatic N) is 3. The molecule has 0 amide bonds. The maximum atomic E-state index is 5.99. The average molecular weight is 256 g/mol. The number of halogens is 1. The summed E-state index contributed by atoms with van der Waals surface area (Å²) in [5, 5.41) is 0.441. The summed E-state index contributed by atoms with van der Waals surface area (Å²) >= 11 is 5.99. The molecule has 17 heavy (non-hydrogen) atoms. The zero-order valence-corrected chi connectivity index (χ0v) is 11.1. The molecular formula is C12H18ClN3O. The Kier molecular flexibility index (Phi) is 4.05. The second-order valence-corrected chi connectivity index (χ2v) is 4.69. The molecule has 0 N–H and O–H groups in total. The minimum absolute atomic E-state index is 0.368. The second kappa shape index (κ2) is 5.54. The highest BCUT2D eigenvalue weighted by atomic mass is 35.5. The first kappa shape index (κ1) is 12.4. The van der Waals surface area contributed by atoms with E-state index in [0.717, 1.165) is 12.4 Å². The van der Waals surface area contributed by atoms with Crippen molar-refractivity contribution in [3.63, 3.8) is 0 Å². The molecule has 94 valence electrons. The molecule has 1 aromatic rings. The minimum Gasteiger partial charge on any atom is -0.464 e. The Morgan fingerprint density at radius 3 is 3.00 bits per heavy atom. The third-order valence-electron chi connectivity index (χ3n) is 3.03. The van der Waals surface area contributed by atoms with Crippen LogP contribution in [0.1, 0.15) is 33.1 Å². The number of hydrogen-bond donors (Lipinski definition) is 0. The fraction of sp³-hybridized carbons (Fsp3) is 0.667. The first-order chi connectivity index (χ1) is 8.20. The van der Waals surface area contributed by atoms with E-state index in [1.54, 1.807) is 0 Å². The van der Waals surface area contributed by atoms with E-state index >= 15 is 0 Å². The maximum Gasteiger partial charge on any atom is 0.319 e. The van der Waals surface area contributed by atoms with E-state index in [9.17, 15) is 0 Å². The van der Waals surface area contributed by atoms with Crippen LogP contribution in [0.4, 0.5) is 5.82 Å². The van der Waals surface area contributed by atoms with Crippen molar-refractivity contribution in [1.29, 1.82) is 0 Å². The van der Waals surface area contributed by atoms with E-state index in [2.05, 4.69) is 21.8 Å². The van der Waals surface area contributed by atoms with E-state index in [1.165, 1.54) is 19.3 Å². The first-order valence-electron chi connectivity index (χ1n) is 6.14. The highest BCUT2D eigenvalue weighted by molar-refractivity contribution is 6.29. The summed E-state index contributed by atoms with van der Waals surface area (Å²) in [5.74, 6) is 0.876. The standard InChI is InChI=1S/C12H18ClN3O/c1-3-17-12-14-10(13)8-11(15-12)16-7-5-4-6-9(16)2/h8-9H,3-7H2,1-2H3. The van der Waals surface area contributed by atoms with Gasteiger partial charge >= 0.3 is 6.01 Å². The van der Waals surface area contributed by atoms with Gasteiger partial charge in [0.25, 0.3) is 0 Å². The van der Waals surface area contributed by atoms with Gasteiger partial charge in [-0.3, -0.25) is 0 Å². The quantitative estimate of drug-likeness (QED) is 0.779. The van der Waals surface area contributed by atoms with Crippen molar-refractivity contribution in [2.45, 2.75) is 39.2 Å². The fourth-order valence-corrected chi connectivity index (χ4v) is 2.33. The van der Waals surface area contributed by atoms with Crippen molar-refractivity contribution in [2.24, 2.45) is 0 Å². The van der Waals surface area contributed by atoms with Crippen molar-refractivity contribution in [3.8, 4) is 6.01 Å². The summed E-state index contributed by atoms with van der Waals surface area (Å²) < 4.78 is 5.32. The van der Waals surface area contributed by atoms with Gasteiger partial charge in [-0.15, -0.1) is 0 Å². The van der Waals surface area contributed by atoms with Crippen LogP contribution in [0.15, 0.2) is 6.07 Å². The Morgan fingerprint density at radius 1 is 1.47 bits per heavy atom. The zero-order valence-electron chi connectivity index (χ0n) is 10.3. The molecule has 2 heterocycles. The number of hydrogen-bond acceptors (Lipinski definition) is 4. The van der Waals surface area contributed by atoms with Gasteiger partial charge in [0.2, 0.25) is 0 Å². The normalized spacial score (nSPS) is 20.4. The molecule has 1 fully saturated rings. The van der Waals surface area contributed by atoms with Gasteiger partial charge in [-0.1, -0.05) is 11.6 Å². The molecule has 0 radical (unpaired) electrons. The largest absolute Gasteiger partial charge is 0.464 e. The predicted molar refractivity (Wildman–Crippen MR) is 68.9 cm³/mol. The SMILES string of the molecule is CCOc1nc(Cl)cc(N2CCCCC2C)n1. The van der Waals surface area contributed by atoms with Gasteiger partial charge in [-0.25, -0.2) is 0 Å². The third-order valence-corrected chi connectivity index (χ3v) is 3.23. The lowest BCUT2D eigenvalue weighted by molar-refractivity contribution is 0.312. The number of anilines is 1. The van der Waals surface area contributed by atoms with Gasteiger partial charge in [0, 0.05) is 18.7 Å². The molecular weight excluding hydrogens is 238 g/mol. The van der Waals surface area contributed by atoms with Crippen molar-refractivity contribution in [2.75, 3.05) is 18.1 Å². The van der Waals surface area contributed by atoms with Crippen LogP contribution in [0.25, 0.3) is 0 Å². The summed E-state index contributed by atoms with van der Waals surface area (Å²) in [6.45, 7) is 5.71. The van der Waals surface area contributed by atoms with Crippen LogP contribution in [0.5, 0.6) is 6.01 Å². The van der Waals surface area contributed by atoms with Gasteiger partial charge < -0.3 is 9.64 Å². The number of aromatic nitrogens is 2. The second-order valence-electron chi connectivity index (χ2n) is 4.30. The third kappa shape index (κ3) is 3.00. The van der Waals surface area contributed by atoms with E-state index in [4.69, 9.17) is 16.3 Å². The molecule has 1 aliphatic rings. The molecule has 1 saturated heterocycles. The Bertz CT molecular complexity index is 386. The summed E-state index contributed by atoms with van der Waals surface area (Å²) in [7, 11) is 0. The lowest BCUT2D eigenvalue weighted by atomic mass is 10.0. The molecule has 0 spiro atoms. The summed E-state index contributed by atoms with van der Waals surface area (Å²) in [6.07, 6.45) is 3.69. The van der Waals surface area contributed by atoms with Crippen molar-refractivity contribution in [1.82, 2.24) is 9.97 Å². The average Bonchev–Trinajstić information content (AvgIpc) is 2.29. The predicted octanol–water partition coefficient (Wildman–Crippen LogP) is 2.91. The molecule has 1 unspecified atom stereocenters. The van der Waals surface area contributed by atoms with Gasteiger partial charge in [0.15, 0.2) is 0 Å². The van der Waals surface area contributed by atoms with E-state index in [0.29, 0.717) is 23.8 Å². The van der Waals surface area contributed by atoms with E-state index in [1.807, 2.05) is 13.0 Å². The topological polar surface area (TPSA) is 38.2 Å². The van der Waals surface area contributed by atoms with Crippen LogP contribution < -0.4 is 9.64 Å². The molecule has 0 saturated carbocycles. The lowest BCUT2D eigenvalue weighted by Gasteiger charge is -2.34. The Hall–Kier alpha value is -1.03. The smallest absolute Gasteiger partial charge is 0.319 e. The minimum atomic E-state index is 0.368. The molecule has 2 rings (SSSR count). The highest BCUT2D eigenvalue weighted by Crippen LogP contribution is 2.26. The monoisotopic (exact) mass is 255 g/mol. The van der Waals surface area contributed by atoms with Gasteiger partial charge in [0.05, 0.1) is 6.61 Å². The van der Waals surface area contributed by atoms with Crippen molar-refractivity contribution < 1.29 is 4.74 Å². The summed E-state index contributed by atoms with van der Waals surface area (Å²) in [5.41, 5.74) is 0. The van der Waals surface area contributed by atoms with Crippen LogP contribution in [0, 0.1) is 0 Å². The fourth-order valence-electron chi connectivity index (χ4n) is 2.16. The van der Waals surface area contributed by atoms with Gasteiger partial charge in [0.1, 0.15) is 11.0 Å². The van der Waals surface area contributed by atoms with E-state index in [-0.39, 0.29) is 0 Å². The molecule has 1 aliphatic heterocycles. The molecule has 1 aromatic heterocycles. The molecule has 0 aliphatic carbocycles. The number of ether oxygens (including phenoxy) is 1. The van der Waals surface area contributed by atoms with E-state index < -0.39 is 0 Å². The van der Waals surface area contributed by atoms with Crippen LogP contribution in [-0.4, -0.2) is 29.2 Å². The molecule has 0 aromatic carbocycles.